The summed E-state index contributed by atoms with van der Waals surface area (Å²) in [5, 5.41) is 3.01. The number of amides is 1. The lowest BCUT2D eigenvalue weighted by Gasteiger charge is -2.16. The molecule has 5 heteroatoms. The van der Waals surface area contributed by atoms with Crippen LogP contribution in [0.4, 0.5) is 0 Å². The van der Waals surface area contributed by atoms with Crippen LogP contribution in [-0.2, 0) is 6.42 Å². The van der Waals surface area contributed by atoms with Crippen LogP contribution in [-0.4, -0.2) is 23.2 Å². The predicted molar refractivity (Wildman–Crippen MR) is 107 cm³/mol. The minimum Gasteiger partial charge on any atom is -0.469 e. The average molecular weight is 376 g/mol. The fourth-order valence-electron chi connectivity index (χ4n) is 4.09. The van der Waals surface area contributed by atoms with Gasteiger partial charge in [0.2, 0.25) is 0 Å². The summed E-state index contributed by atoms with van der Waals surface area (Å²) in [5.41, 5.74) is 3.91. The molecule has 0 unspecified atom stereocenters. The quantitative estimate of drug-likeness (QED) is 0.670. The fraction of sp³-hybridized carbons (Fsp3) is 0.304. The first-order valence-corrected chi connectivity index (χ1v) is 9.76. The predicted octanol–water partition coefficient (Wildman–Crippen LogP) is 4.39. The van der Waals surface area contributed by atoms with Crippen molar-refractivity contribution in [1.29, 1.82) is 0 Å². The zero-order valence-electron chi connectivity index (χ0n) is 16.0. The van der Waals surface area contributed by atoms with E-state index in [4.69, 9.17) is 4.42 Å². The second-order valence-corrected chi connectivity index (χ2v) is 7.28. The number of carbonyl (C=O) groups is 2. The Morgan fingerprint density at radius 2 is 2.00 bits per heavy atom. The summed E-state index contributed by atoms with van der Waals surface area (Å²) in [6, 6.07) is 14.0. The highest BCUT2D eigenvalue weighted by atomic mass is 16.3. The highest BCUT2D eigenvalue weighted by Gasteiger charge is 2.28. The minimum absolute atomic E-state index is 0.0634. The van der Waals surface area contributed by atoms with Gasteiger partial charge in [-0.05, 0) is 43.9 Å². The summed E-state index contributed by atoms with van der Waals surface area (Å²) in [6.07, 6.45) is 4.56. The number of benzene rings is 1. The molecule has 0 aliphatic heterocycles. The van der Waals surface area contributed by atoms with E-state index in [9.17, 15) is 9.59 Å². The molecular formula is C23H24N2O3. The molecule has 4 rings (SSSR count). The number of H-pyrrole nitrogens is 1. The molecule has 28 heavy (non-hydrogen) atoms. The van der Waals surface area contributed by atoms with E-state index in [0.717, 1.165) is 35.6 Å². The SMILES string of the molecule is Cc1[nH]c2c(c1C(=O)NCC[C@H](c1ccccc1)c1ccco1)C(=O)CCC2. The van der Waals surface area contributed by atoms with Crippen LogP contribution in [0.1, 0.15) is 68.6 Å². The number of rotatable bonds is 6. The number of Topliss-reactive ketones (excluding diaryl/α,β-unsaturated/α-hetero) is 1. The average Bonchev–Trinajstić information content (AvgIpc) is 3.34. The van der Waals surface area contributed by atoms with Crippen LogP contribution in [0, 0.1) is 6.92 Å². The molecule has 1 amide bonds. The van der Waals surface area contributed by atoms with Gasteiger partial charge in [-0.15, -0.1) is 0 Å². The highest BCUT2D eigenvalue weighted by Crippen LogP contribution is 2.29. The molecule has 0 saturated heterocycles. The molecule has 1 aliphatic carbocycles. The molecule has 0 saturated carbocycles. The molecule has 1 aliphatic rings. The summed E-state index contributed by atoms with van der Waals surface area (Å²) in [6.45, 7) is 2.35. The van der Waals surface area contributed by atoms with E-state index in [-0.39, 0.29) is 17.6 Å². The minimum atomic E-state index is -0.184. The number of ketones is 1. The second-order valence-electron chi connectivity index (χ2n) is 7.28. The first-order valence-electron chi connectivity index (χ1n) is 9.76. The van der Waals surface area contributed by atoms with Gasteiger partial charge in [0.15, 0.2) is 5.78 Å². The monoisotopic (exact) mass is 376 g/mol. The van der Waals surface area contributed by atoms with Crippen molar-refractivity contribution in [3.63, 3.8) is 0 Å². The third-order valence-electron chi connectivity index (χ3n) is 5.41. The van der Waals surface area contributed by atoms with Gasteiger partial charge in [0.25, 0.3) is 5.91 Å². The Bertz CT molecular complexity index is 971. The zero-order valence-corrected chi connectivity index (χ0v) is 16.0. The van der Waals surface area contributed by atoms with Crippen molar-refractivity contribution >= 4 is 11.7 Å². The number of carbonyl (C=O) groups excluding carboxylic acids is 2. The molecule has 0 radical (unpaired) electrons. The molecule has 2 aromatic heterocycles. The lowest BCUT2D eigenvalue weighted by Crippen LogP contribution is -2.28. The van der Waals surface area contributed by atoms with Gasteiger partial charge in [0.1, 0.15) is 5.76 Å². The lowest BCUT2D eigenvalue weighted by atomic mass is 9.92. The molecule has 0 spiro atoms. The summed E-state index contributed by atoms with van der Waals surface area (Å²) in [4.78, 5) is 28.4. The van der Waals surface area contributed by atoms with E-state index in [1.807, 2.05) is 37.3 Å². The van der Waals surface area contributed by atoms with Crippen LogP contribution in [0.2, 0.25) is 0 Å². The molecule has 144 valence electrons. The molecule has 1 atom stereocenters. The maximum absolute atomic E-state index is 12.8. The second kappa shape index (κ2) is 7.89. The van der Waals surface area contributed by atoms with Crippen LogP contribution in [0.15, 0.2) is 53.1 Å². The normalized spacial score (nSPS) is 14.5. The Kier molecular flexibility index (Phi) is 5.15. The first kappa shape index (κ1) is 18.3. The van der Waals surface area contributed by atoms with E-state index in [2.05, 4.69) is 22.4 Å². The van der Waals surface area contributed by atoms with Crippen LogP contribution in [0.25, 0.3) is 0 Å². The van der Waals surface area contributed by atoms with Gasteiger partial charge in [-0.1, -0.05) is 30.3 Å². The Morgan fingerprint density at radius 3 is 2.75 bits per heavy atom. The molecule has 1 aromatic carbocycles. The molecule has 2 N–H and O–H groups in total. The maximum atomic E-state index is 12.8. The molecule has 0 fully saturated rings. The maximum Gasteiger partial charge on any atom is 0.253 e. The van der Waals surface area contributed by atoms with E-state index >= 15 is 0 Å². The molecule has 0 bridgehead atoms. The van der Waals surface area contributed by atoms with Crippen molar-refractivity contribution in [3.05, 3.63) is 82.6 Å². The van der Waals surface area contributed by atoms with E-state index in [1.165, 1.54) is 0 Å². The Balaban J connectivity index is 1.48. The third kappa shape index (κ3) is 3.52. The van der Waals surface area contributed by atoms with Crippen molar-refractivity contribution in [2.45, 2.75) is 38.5 Å². The van der Waals surface area contributed by atoms with Gasteiger partial charge in [-0.2, -0.15) is 0 Å². The smallest absolute Gasteiger partial charge is 0.253 e. The number of hydrogen-bond donors (Lipinski definition) is 2. The van der Waals surface area contributed by atoms with Crippen LogP contribution in [0.5, 0.6) is 0 Å². The van der Waals surface area contributed by atoms with E-state index < -0.39 is 0 Å². The Labute approximate surface area is 164 Å². The first-order chi connectivity index (χ1) is 13.6. The van der Waals surface area contributed by atoms with Gasteiger partial charge < -0.3 is 14.7 Å². The summed E-state index contributed by atoms with van der Waals surface area (Å²) in [5.74, 6) is 0.829. The van der Waals surface area contributed by atoms with Gasteiger partial charge in [0, 0.05) is 30.3 Å². The summed E-state index contributed by atoms with van der Waals surface area (Å²) >= 11 is 0. The largest absolute Gasteiger partial charge is 0.469 e. The fourth-order valence-corrected chi connectivity index (χ4v) is 4.09. The third-order valence-corrected chi connectivity index (χ3v) is 5.41. The van der Waals surface area contributed by atoms with Crippen LogP contribution in [0.3, 0.4) is 0 Å². The zero-order chi connectivity index (χ0) is 19.5. The number of aryl methyl sites for hydroxylation is 2. The van der Waals surface area contributed by atoms with Crippen LogP contribution >= 0.6 is 0 Å². The number of fused-ring (bicyclic) bond motifs is 1. The van der Waals surface area contributed by atoms with Gasteiger partial charge in [-0.25, -0.2) is 0 Å². The van der Waals surface area contributed by atoms with Crippen molar-refractivity contribution in [2.24, 2.45) is 0 Å². The van der Waals surface area contributed by atoms with E-state index in [0.29, 0.717) is 30.5 Å². The summed E-state index contributed by atoms with van der Waals surface area (Å²) < 4.78 is 5.63. The van der Waals surface area contributed by atoms with Gasteiger partial charge >= 0.3 is 0 Å². The Hall–Kier alpha value is -3.08. The van der Waals surface area contributed by atoms with Crippen LogP contribution < -0.4 is 5.32 Å². The Morgan fingerprint density at radius 1 is 1.18 bits per heavy atom. The van der Waals surface area contributed by atoms with Crippen molar-refractivity contribution in [1.82, 2.24) is 10.3 Å². The number of aromatic nitrogens is 1. The number of hydrogen-bond acceptors (Lipinski definition) is 3. The lowest BCUT2D eigenvalue weighted by molar-refractivity contribution is 0.0927. The number of furan rings is 1. The number of aromatic amines is 1. The molecule has 5 nitrogen and oxygen atoms in total. The van der Waals surface area contributed by atoms with Crippen molar-refractivity contribution in [3.8, 4) is 0 Å². The number of nitrogens with one attached hydrogen (secondary N) is 2. The van der Waals surface area contributed by atoms with E-state index in [1.54, 1.807) is 6.26 Å². The standard InChI is InChI=1S/C23H24N2O3/c1-15-21(22-18(25-15)9-5-10-19(22)26)23(27)24-13-12-17(20-11-6-14-28-20)16-7-3-2-4-8-16/h2-4,6-8,11,14,17,25H,5,9-10,12-13H2,1H3,(H,24,27)/t17-/m1/s1. The van der Waals surface area contributed by atoms with Crippen molar-refractivity contribution < 1.29 is 14.0 Å². The molecular weight excluding hydrogens is 352 g/mol. The molecule has 2 heterocycles. The summed E-state index contributed by atoms with van der Waals surface area (Å²) in [7, 11) is 0. The topological polar surface area (TPSA) is 75.1 Å². The van der Waals surface area contributed by atoms with Gasteiger partial charge in [-0.3, -0.25) is 9.59 Å². The highest BCUT2D eigenvalue weighted by molar-refractivity contribution is 6.10. The molecule has 3 aromatic rings. The van der Waals surface area contributed by atoms with Gasteiger partial charge in [0.05, 0.1) is 17.4 Å². The van der Waals surface area contributed by atoms with Crippen molar-refractivity contribution in [2.75, 3.05) is 6.54 Å².